The fraction of sp³-hybridized carbons (Fsp3) is 0.462. The van der Waals surface area contributed by atoms with E-state index in [1.54, 1.807) is 0 Å². The Bertz CT molecular complexity index is 424. The van der Waals surface area contributed by atoms with Gasteiger partial charge < -0.3 is 11.1 Å². The Morgan fingerprint density at radius 1 is 1.50 bits per heavy atom. The van der Waals surface area contributed by atoms with Crippen molar-refractivity contribution >= 4 is 17.5 Å². The van der Waals surface area contributed by atoms with Crippen molar-refractivity contribution < 1.29 is 4.79 Å². The van der Waals surface area contributed by atoms with Crippen molar-refractivity contribution in [3.05, 3.63) is 34.9 Å². The van der Waals surface area contributed by atoms with Crippen LogP contribution in [0.2, 0.25) is 5.02 Å². The molecular weight excluding hydrogens is 250 g/mol. The van der Waals surface area contributed by atoms with Crippen molar-refractivity contribution in [2.45, 2.75) is 12.5 Å². The highest BCUT2D eigenvalue weighted by molar-refractivity contribution is 6.30. The second-order valence-corrected chi connectivity index (χ2v) is 4.92. The van der Waals surface area contributed by atoms with E-state index in [4.69, 9.17) is 17.3 Å². The molecule has 18 heavy (non-hydrogen) atoms. The number of carbonyl (C=O) groups excluding carboxylic acids is 1. The predicted molar refractivity (Wildman–Crippen MR) is 72.4 cm³/mol. The molecule has 3 N–H and O–H groups in total. The van der Waals surface area contributed by atoms with E-state index >= 15 is 0 Å². The van der Waals surface area contributed by atoms with E-state index in [9.17, 15) is 4.79 Å². The molecule has 1 amide bonds. The third-order valence-corrected chi connectivity index (χ3v) is 3.42. The lowest BCUT2D eigenvalue weighted by atomic mass is 10.1. The smallest absolute Gasteiger partial charge is 0.234 e. The number of benzene rings is 1. The van der Waals surface area contributed by atoms with Gasteiger partial charge in [0, 0.05) is 30.7 Å². The maximum atomic E-state index is 11.6. The third-order valence-electron chi connectivity index (χ3n) is 3.19. The Morgan fingerprint density at radius 3 is 3.06 bits per heavy atom. The Hall–Kier alpha value is -1.10. The summed E-state index contributed by atoms with van der Waals surface area (Å²) >= 11 is 6.01. The number of nitrogens with two attached hydrogens (primary N) is 1. The van der Waals surface area contributed by atoms with Gasteiger partial charge >= 0.3 is 0 Å². The van der Waals surface area contributed by atoms with E-state index in [1.165, 1.54) is 0 Å². The SMILES string of the molecule is NCC(c1cccc(Cl)c1)N1CCCNC(=O)C1. The molecule has 1 heterocycles. The summed E-state index contributed by atoms with van der Waals surface area (Å²) in [5, 5.41) is 3.57. The lowest BCUT2D eigenvalue weighted by molar-refractivity contribution is -0.121. The van der Waals surface area contributed by atoms with Gasteiger partial charge in [0.2, 0.25) is 5.91 Å². The molecule has 1 aromatic carbocycles. The highest BCUT2D eigenvalue weighted by atomic mass is 35.5. The predicted octanol–water partition coefficient (Wildman–Crippen LogP) is 1.16. The van der Waals surface area contributed by atoms with Gasteiger partial charge in [-0.15, -0.1) is 0 Å². The molecule has 1 atom stereocenters. The van der Waals surface area contributed by atoms with Crippen LogP contribution in [0.1, 0.15) is 18.0 Å². The third kappa shape index (κ3) is 3.22. The molecule has 0 radical (unpaired) electrons. The van der Waals surface area contributed by atoms with Gasteiger partial charge in [0.05, 0.1) is 6.54 Å². The first kappa shape index (κ1) is 13.3. The molecule has 1 aromatic rings. The molecule has 98 valence electrons. The molecule has 1 saturated heterocycles. The van der Waals surface area contributed by atoms with Gasteiger partial charge in [0.25, 0.3) is 0 Å². The Labute approximate surface area is 112 Å². The lowest BCUT2D eigenvalue weighted by Gasteiger charge is -2.29. The fourth-order valence-electron chi connectivity index (χ4n) is 2.31. The minimum atomic E-state index is 0.0487. The van der Waals surface area contributed by atoms with Gasteiger partial charge in [-0.1, -0.05) is 23.7 Å². The van der Waals surface area contributed by atoms with Gasteiger partial charge in [0.1, 0.15) is 0 Å². The first-order valence-electron chi connectivity index (χ1n) is 6.17. The minimum absolute atomic E-state index is 0.0487. The summed E-state index contributed by atoms with van der Waals surface area (Å²) in [7, 11) is 0. The zero-order chi connectivity index (χ0) is 13.0. The molecular formula is C13H18ClN3O. The highest BCUT2D eigenvalue weighted by Crippen LogP contribution is 2.23. The van der Waals surface area contributed by atoms with Gasteiger partial charge in [-0.05, 0) is 24.1 Å². The van der Waals surface area contributed by atoms with Crippen molar-refractivity contribution in [1.82, 2.24) is 10.2 Å². The summed E-state index contributed by atoms with van der Waals surface area (Å²) in [5.74, 6) is 0.0629. The molecule has 1 aliphatic rings. The van der Waals surface area contributed by atoms with Gasteiger partial charge in [-0.2, -0.15) is 0 Å². The number of rotatable bonds is 3. The monoisotopic (exact) mass is 267 g/mol. The van der Waals surface area contributed by atoms with Crippen molar-refractivity contribution in [1.29, 1.82) is 0 Å². The van der Waals surface area contributed by atoms with E-state index in [1.807, 2.05) is 24.3 Å². The Kier molecular flexibility index (Phi) is 4.58. The summed E-state index contributed by atoms with van der Waals surface area (Å²) in [6, 6.07) is 7.73. The van der Waals surface area contributed by atoms with Crippen LogP contribution in [-0.4, -0.2) is 37.0 Å². The molecule has 2 rings (SSSR count). The van der Waals surface area contributed by atoms with Crippen molar-refractivity contribution in [3.8, 4) is 0 Å². The number of hydrogen-bond donors (Lipinski definition) is 2. The summed E-state index contributed by atoms with van der Waals surface area (Å²) in [6.07, 6.45) is 0.947. The fourth-order valence-corrected chi connectivity index (χ4v) is 2.50. The van der Waals surface area contributed by atoms with Gasteiger partial charge in [-0.25, -0.2) is 0 Å². The van der Waals surface area contributed by atoms with Gasteiger partial charge in [0.15, 0.2) is 0 Å². The molecule has 5 heteroatoms. The number of nitrogens with one attached hydrogen (secondary N) is 1. The first-order chi connectivity index (χ1) is 8.70. The number of nitrogens with zero attached hydrogens (tertiary/aromatic N) is 1. The summed E-state index contributed by atoms with van der Waals surface area (Å²) in [6.45, 7) is 2.48. The number of hydrogen-bond acceptors (Lipinski definition) is 3. The van der Waals surface area contributed by atoms with Crippen LogP contribution in [0.3, 0.4) is 0 Å². The van der Waals surface area contributed by atoms with Crippen LogP contribution in [0.5, 0.6) is 0 Å². The molecule has 1 aliphatic heterocycles. The number of carbonyl (C=O) groups is 1. The van der Waals surface area contributed by atoms with Crippen LogP contribution < -0.4 is 11.1 Å². The lowest BCUT2D eigenvalue weighted by Crippen LogP contribution is -2.38. The van der Waals surface area contributed by atoms with Crippen LogP contribution in [0.25, 0.3) is 0 Å². The van der Waals surface area contributed by atoms with E-state index in [0.29, 0.717) is 18.1 Å². The number of amides is 1. The molecule has 4 nitrogen and oxygen atoms in total. The molecule has 0 spiro atoms. The summed E-state index contributed by atoms with van der Waals surface area (Å²) < 4.78 is 0. The van der Waals surface area contributed by atoms with Crippen molar-refractivity contribution in [2.24, 2.45) is 5.73 Å². The van der Waals surface area contributed by atoms with Crippen molar-refractivity contribution in [2.75, 3.05) is 26.2 Å². The summed E-state index contributed by atoms with van der Waals surface area (Å²) in [4.78, 5) is 13.7. The molecule has 0 bridgehead atoms. The normalized spacial score (nSPS) is 19.1. The van der Waals surface area contributed by atoms with E-state index < -0.39 is 0 Å². The van der Waals surface area contributed by atoms with Crippen LogP contribution in [-0.2, 0) is 4.79 Å². The summed E-state index contributed by atoms with van der Waals surface area (Å²) in [5.41, 5.74) is 6.93. The minimum Gasteiger partial charge on any atom is -0.355 e. The molecule has 0 aliphatic carbocycles. The Balaban J connectivity index is 2.19. The average molecular weight is 268 g/mol. The van der Waals surface area contributed by atoms with E-state index in [0.717, 1.165) is 25.1 Å². The topological polar surface area (TPSA) is 58.4 Å². The second kappa shape index (κ2) is 6.18. The largest absolute Gasteiger partial charge is 0.355 e. The van der Waals surface area contributed by atoms with Crippen LogP contribution in [0.4, 0.5) is 0 Å². The molecule has 1 unspecified atom stereocenters. The molecule has 1 fully saturated rings. The van der Waals surface area contributed by atoms with E-state index in [-0.39, 0.29) is 11.9 Å². The average Bonchev–Trinajstić information content (AvgIpc) is 2.55. The van der Waals surface area contributed by atoms with Crippen LogP contribution >= 0.6 is 11.6 Å². The highest BCUT2D eigenvalue weighted by Gasteiger charge is 2.23. The Morgan fingerprint density at radius 2 is 2.33 bits per heavy atom. The van der Waals surface area contributed by atoms with Gasteiger partial charge in [-0.3, -0.25) is 9.69 Å². The van der Waals surface area contributed by atoms with Crippen molar-refractivity contribution in [3.63, 3.8) is 0 Å². The maximum absolute atomic E-state index is 11.6. The molecule has 0 aromatic heterocycles. The zero-order valence-corrected chi connectivity index (χ0v) is 11.0. The van der Waals surface area contributed by atoms with E-state index in [2.05, 4.69) is 10.2 Å². The maximum Gasteiger partial charge on any atom is 0.234 e. The first-order valence-corrected chi connectivity index (χ1v) is 6.55. The van der Waals surface area contributed by atoms with Crippen LogP contribution in [0.15, 0.2) is 24.3 Å². The zero-order valence-electron chi connectivity index (χ0n) is 10.2. The standard InChI is InChI=1S/C13H18ClN3O/c14-11-4-1-3-10(7-11)12(8-15)17-6-2-5-16-13(18)9-17/h1,3-4,7,12H,2,5-6,8-9,15H2,(H,16,18). The number of halogens is 1. The second-order valence-electron chi connectivity index (χ2n) is 4.48. The van der Waals surface area contributed by atoms with Crippen LogP contribution in [0, 0.1) is 0 Å². The quantitative estimate of drug-likeness (QED) is 0.864. The molecule has 0 saturated carbocycles.